The minimum absolute atomic E-state index is 0.283. The molecular weight excluding hydrogens is 316 g/mol. The SMILES string of the molecule is COc1ccccc1/C=C/C(=O)NC(=S)NCc1cccs1. The van der Waals surface area contributed by atoms with E-state index in [4.69, 9.17) is 17.0 Å². The highest BCUT2D eigenvalue weighted by Crippen LogP contribution is 2.18. The second-order valence-electron chi connectivity index (χ2n) is 4.33. The number of para-hydroxylation sites is 1. The molecular formula is C16H16N2O2S2. The van der Waals surface area contributed by atoms with E-state index in [1.807, 2.05) is 41.8 Å². The third-order valence-corrected chi connectivity index (χ3v) is 3.92. The molecule has 0 radical (unpaired) electrons. The Morgan fingerprint density at radius 3 is 2.86 bits per heavy atom. The first kappa shape index (κ1) is 16.2. The van der Waals surface area contributed by atoms with Crippen molar-refractivity contribution in [1.29, 1.82) is 0 Å². The summed E-state index contributed by atoms with van der Waals surface area (Å²) in [5, 5.41) is 7.90. The number of carbonyl (C=O) groups is 1. The van der Waals surface area contributed by atoms with Gasteiger partial charge in [0.25, 0.3) is 0 Å². The van der Waals surface area contributed by atoms with E-state index in [2.05, 4.69) is 10.6 Å². The van der Waals surface area contributed by atoms with Crippen molar-refractivity contribution in [1.82, 2.24) is 10.6 Å². The molecule has 2 N–H and O–H groups in total. The minimum atomic E-state index is -0.283. The summed E-state index contributed by atoms with van der Waals surface area (Å²) in [6.45, 7) is 0.604. The molecule has 0 saturated heterocycles. The van der Waals surface area contributed by atoms with Gasteiger partial charge in [-0.15, -0.1) is 11.3 Å². The van der Waals surface area contributed by atoms with Gasteiger partial charge in [-0.2, -0.15) is 0 Å². The maximum Gasteiger partial charge on any atom is 0.250 e. The van der Waals surface area contributed by atoms with Gasteiger partial charge in [-0.25, -0.2) is 0 Å². The number of amides is 1. The Bertz CT molecular complexity index is 667. The van der Waals surface area contributed by atoms with Crippen LogP contribution in [-0.4, -0.2) is 18.1 Å². The van der Waals surface area contributed by atoms with Gasteiger partial charge < -0.3 is 10.1 Å². The van der Waals surface area contributed by atoms with Crippen molar-refractivity contribution in [2.24, 2.45) is 0 Å². The number of thiocarbonyl (C=S) groups is 1. The van der Waals surface area contributed by atoms with Crippen molar-refractivity contribution < 1.29 is 9.53 Å². The Morgan fingerprint density at radius 1 is 1.32 bits per heavy atom. The normalized spacial score (nSPS) is 10.4. The lowest BCUT2D eigenvalue weighted by Gasteiger charge is -2.07. The van der Waals surface area contributed by atoms with Crippen LogP contribution in [0.2, 0.25) is 0 Å². The first-order valence-corrected chi connectivity index (χ1v) is 7.90. The molecule has 1 amide bonds. The van der Waals surface area contributed by atoms with Crippen LogP contribution in [0, 0.1) is 0 Å². The quantitative estimate of drug-likeness (QED) is 0.653. The number of hydrogen-bond donors (Lipinski definition) is 2. The highest BCUT2D eigenvalue weighted by molar-refractivity contribution is 7.80. The number of carbonyl (C=O) groups excluding carboxylic acids is 1. The Morgan fingerprint density at radius 2 is 2.14 bits per heavy atom. The summed E-state index contributed by atoms with van der Waals surface area (Å²) in [6, 6.07) is 11.4. The van der Waals surface area contributed by atoms with Gasteiger partial charge in [-0.3, -0.25) is 10.1 Å². The molecule has 0 unspecified atom stereocenters. The molecule has 6 heteroatoms. The van der Waals surface area contributed by atoms with Gasteiger partial charge in [-0.05, 0) is 35.8 Å². The molecule has 22 heavy (non-hydrogen) atoms. The van der Waals surface area contributed by atoms with Crippen LogP contribution in [0.5, 0.6) is 5.75 Å². The van der Waals surface area contributed by atoms with E-state index >= 15 is 0 Å². The zero-order valence-corrected chi connectivity index (χ0v) is 13.7. The summed E-state index contributed by atoms with van der Waals surface area (Å²) < 4.78 is 5.22. The number of rotatable bonds is 5. The topological polar surface area (TPSA) is 50.4 Å². The van der Waals surface area contributed by atoms with Crippen molar-refractivity contribution in [2.75, 3.05) is 7.11 Å². The molecule has 4 nitrogen and oxygen atoms in total. The summed E-state index contributed by atoms with van der Waals surface area (Å²) in [7, 11) is 1.59. The van der Waals surface area contributed by atoms with Crippen LogP contribution in [0.4, 0.5) is 0 Å². The first-order valence-electron chi connectivity index (χ1n) is 6.61. The monoisotopic (exact) mass is 332 g/mol. The van der Waals surface area contributed by atoms with E-state index in [9.17, 15) is 4.79 Å². The van der Waals surface area contributed by atoms with Crippen molar-refractivity contribution in [2.45, 2.75) is 6.54 Å². The molecule has 0 fully saturated rings. The van der Waals surface area contributed by atoms with Crippen LogP contribution in [0.15, 0.2) is 47.9 Å². The molecule has 0 aliphatic carbocycles. The molecule has 0 aliphatic rings. The van der Waals surface area contributed by atoms with Crippen LogP contribution in [0.3, 0.4) is 0 Å². The van der Waals surface area contributed by atoms with Gasteiger partial charge in [0.1, 0.15) is 5.75 Å². The number of methoxy groups -OCH3 is 1. The average Bonchev–Trinajstić information content (AvgIpc) is 3.04. The molecule has 2 aromatic rings. The zero-order chi connectivity index (χ0) is 15.8. The van der Waals surface area contributed by atoms with Crippen LogP contribution >= 0.6 is 23.6 Å². The second-order valence-corrected chi connectivity index (χ2v) is 5.77. The van der Waals surface area contributed by atoms with Gasteiger partial charge in [0.05, 0.1) is 13.7 Å². The molecule has 1 aromatic carbocycles. The Hall–Kier alpha value is -2.18. The molecule has 1 heterocycles. The third-order valence-electron chi connectivity index (χ3n) is 2.79. The van der Waals surface area contributed by atoms with Crippen LogP contribution in [-0.2, 0) is 11.3 Å². The lowest BCUT2D eigenvalue weighted by atomic mass is 10.2. The lowest BCUT2D eigenvalue weighted by Crippen LogP contribution is -2.37. The summed E-state index contributed by atoms with van der Waals surface area (Å²) in [4.78, 5) is 13.0. The highest BCUT2D eigenvalue weighted by Gasteiger charge is 2.02. The van der Waals surface area contributed by atoms with Crippen molar-refractivity contribution >= 4 is 40.7 Å². The summed E-state index contributed by atoms with van der Waals surface area (Å²) >= 11 is 6.72. The zero-order valence-electron chi connectivity index (χ0n) is 12.0. The predicted octanol–water partition coefficient (Wildman–Crippen LogP) is 2.96. The molecule has 114 valence electrons. The molecule has 0 bridgehead atoms. The van der Waals surface area contributed by atoms with Gasteiger partial charge >= 0.3 is 0 Å². The van der Waals surface area contributed by atoms with Gasteiger partial charge in [-0.1, -0.05) is 24.3 Å². The number of benzene rings is 1. The van der Waals surface area contributed by atoms with Gasteiger partial charge in [0, 0.05) is 16.5 Å². The number of nitrogens with one attached hydrogen (secondary N) is 2. The number of thiophene rings is 1. The third kappa shape index (κ3) is 4.98. The highest BCUT2D eigenvalue weighted by atomic mass is 32.1. The predicted molar refractivity (Wildman–Crippen MR) is 93.9 cm³/mol. The Labute approximate surface area is 138 Å². The smallest absolute Gasteiger partial charge is 0.250 e. The Balaban J connectivity index is 1.84. The number of hydrogen-bond acceptors (Lipinski definition) is 4. The minimum Gasteiger partial charge on any atom is -0.496 e. The fourth-order valence-electron chi connectivity index (χ4n) is 1.75. The molecule has 0 atom stereocenters. The van der Waals surface area contributed by atoms with Crippen molar-refractivity contribution in [3.05, 3.63) is 58.3 Å². The van der Waals surface area contributed by atoms with E-state index in [0.29, 0.717) is 17.4 Å². The van der Waals surface area contributed by atoms with Crippen LogP contribution in [0.25, 0.3) is 6.08 Å². The van der Waals surface area contributed by atoms with Crippen LogP contribution < -0.4 is 15.4 Å². The first-order chi connectivity index (χ1) is 10.7. The van der Waals surface area contributed by atoms with Crippen molar-refractivity contribution in [3.8, 4) is 5.75 Å². The van der Waals surface area contributed by atoms with E-state index in [0.717, 1.165) is 10.4 Å². The molecule has 0 spiro atoms. The maximum absolute atomic E-state index is 11.8. The van der Waals surface area contributed by atoms with E-state index in [1.54, 1.807) is 24.5 Å². The lowest BCUT2D eigenvalue weighted by molar-refractivity contribution is -0.115. The van der Waals surface area contributed by atoms with E-state index in [1.165, 1.54) is 6.08 Å². The maximum atomic E-state index is 11.8. The fraction of sp³-hybridized carbons (Fsp3) is 0.125. The molecule has 0 saturated carbocycles. The summed E-state index contributed by atoms with van der Waals surface area (Å²) in [5.41, 5.74) is 0.831. The van der Waals surface area contributed by atoms with Gasteiger partial charge in [0.2, 0.25) is 5.91 Å². The Kier molecular flexibility index (Phi) is 6.12. The number of ether oxygens (including phenoxy) is 1. The summed E-state index contributed by atoms with van der Waals surface area (Å²) in [5.74, 6) is 0.430. The second kappa shape index (κ2) is 8.31. The summed E-state index contributed by atoms with van der Waals surface area (Å²) in [6.07, 6.45) is 3.12. The fourth-order valence-corrected chi connectivity index (χ4v) is 2.57. The van der Waals surface area contributed by atoms with Crippen LogP contribution in [0.1, 0.15) is 10.4 Å². The van der Waals surface area contributed by atoms with Crippen molar-refractivity contribution in [3.63, 3.8) is 0 Å². The van der Waals surface area contributed by atoms with E-state index in [-0.39, 0.29) is 5.91 Å². The van der Waals surface area contributed by atoms with E-state index < -0.39 is 0 Å². The molecule has 0 aliphatic heterocycles. The standard InChI is InChI=1S/C16H16N2O2S2/c1-20-14-7-3-2-5-12(14)8-9-15(19)18-16(21)17-11-13-6-4-10-22-13/h2-10H,11H2,1H3,(H2,17,18,19,21)/b9-8+. The van der Waals surface area contributed by atoms with Gasteiger partial charge in [0.15, 0.2) is 5.11 Å². The largest absolute Gasteiger partial charge is 0.496 e. The molecule has 2 rings (SSSR count). The average molecular weight is 332 g/mol. The molecule has 1 aromatic heterocycles.